The number of hydrogen-bond acceptors (Lipinski definition) is 5. The van der Waals surface area contributed by atoms with Crippen LogP contribution in [0.15, 0.2) is 60.1 Å². The van der Waals surface area contributed by atoms with Crippen LogP contribution in [0.4, 0.5) is 0 Å². The van der Waals surface area contributed by atoms with Crippen LogP contribution in [0.5, 0.6) is 0 Å². The molecule has 2 heterocycles. The Kier molecular flexibility index (Phi) is 19.7. The lowest BCUT2D eigenvalue weighted by Gasteiger charge is -2.33. The fourth-order valence-corrected chi connectivity index (χ4v) is 6.82. The average Bonchev–Trinajstić information content (AvgIpc) is 3.67. The van der Waals surface area contributed by atoms with Crippen LogP contribution in [-0.4, -0.2) is 75.0 Å². The van der Waals surface area contributed by atoms with E-state index in [1.807, 2.05) is 6.08 Å². The van der Waals surface area contributed by atoms with Crippen LogP contribution >= 0.6 is 0 Å². The molecule has 0 aromatic heterocycles. The Hall–Kier alpha value is -1.82. The molecule has 0 aromatic carbocycles. The van der Waals surface area contributed by atoms with Crippen molar-refractivity contribution in [2.24, 2.45) is 17.8 Å². The van der Waals surface area contributed by atoms with Gasteiger partial charge in [-0.05, 0) is 107 Å². The van der Waals surface area contributed by atoms with Crippen LogP contribution in [-0.2, 0) is 14.2 Å². The molecule has 5 heteroatoms. The Bertz CT molecular complexity index is 899. The van der Waals surface area contributed by atoms with Crippen molar-refractivity contribution >= 4 is 0 Å². The molecule has 3 fully saturated rings. The lowest BCUT2D eigenvalue weighted by molar-refractivity contribution is 0.0256. The molecule has 3 rings (SSSR count). The number of morpholine rings is 1. The van der Waals surface area contributed by atoms with Gasteiger partial charge in [0.2, 0.25) is 0 Å². The predicted molar refractivity (Wildman–Crippen MR) is 189 cm³/mol. The zero-order valence-electron chi connectivity index (χ0n) is 29.6. The van der Waals surface area contributed by atoms with E-state index in [0.717, 1.165) is 81.0 Å². The maximum Gasteiger partial charge on any atom is 0.118 e. The van der Waals surface area contributed by atoms with Crippen molar-refractivity contribution in [1.82, 2.24) is 9.80 Å². The molecule has 44 heavy (non-hydrogen) atoms. The summed E-state index contributed by atoms with van der Waals surface area (Å²) in [7, 11) is 0. The quantitative estimate of drug-likeness (QED) is 0.0667. The molecule has 4 atom stereocenters. The molecule has 252 valence electrons. The van der Waals surface area contributed by atoms with E-state index in [0.29, 0.717) is 25.2 Å². The van der Waals surface area contributed by atoms with Crippen LogP contribution < -0.4 is 0 Å². The summed E-state index contributed by atoms with van der Waals surface area (Å²) in [5, 5.41) is 0. The molecular weight excluding hydrogens is 544 g/mol. The van der Waals surface area contributed by atoms with Gasteiger partial charge < -0.3 is 19.1 Å². The van der Waals surface area contributed by atoms with Crippen LogP contribution in [0.25, 0.3) is 0 Å². The smallest absolute Gasteiger partial charge is 0.118 e. The van der Waals surface area contributed by atoms with Gasteiger partial charge >= 0.3 is 0 Å². The first-order valence-corrected chi connectivity index (χ1v) is 18.0. The van der Waals surface area contributed by atoms with Gasteiger partial charge in [-0.25, -0.2) is 0 Å². The summed E-state index contributed by atoms with van der Waals surface area (Å²) in [5.74, 6) is 3.91. The molecule has 3 aliphatic rings. The largest absolute Gasteiger partial charge is 0.494 e. The van der Waals surface area contributed by atoms with Gasteiger partial charge in [0.25, 0.3) is 0 Å². The van der Waals surface area contributed by atoms with Crippen LogP contribution in [0.1, 0.15) is 106 Å². The van der Waals surface area contributed by atoms with Gasteiger partial charge in [-0.2, -0.15) is 0 Å². The third-order valence-electron chi connectivity index (χ3n) is 9.82. The van der Waals surface area contributed by atoms with Crippen LogP contribution in [0, 0.1) is 17.8 Å². The summed E-state index contributed by atoms with van der Waals surface area (Å²) in [6.07, 6.45) is 20.6. The zero-order chi connectivity index (χ0) is 32.2. The van der Waals surface area contributed by atoms with Gasteiger partial charge in [0.05, 0.1) is 19.8 Å². The highest BCUT2D eigenvalue weighted by Gasteiger charge is 2.32. The van der Waals surface area contributed by atoms with Crippen molar-refractivity contribution in [3.05, 3.63) is 60.1 Å². The van der Waals surface area contributed by atoms with Crippen molar-refractivity contribution in [2.45, 2.75) is 112 Å². The summed E-state index contributed by atoms with van der Waals surface area (Å²) in [6.45, 7) is 30.5. The molecule has 1 aliphatic carbocycles. The van der Waals surface area contributed by atoms with E-state index in [9.17, 15) is 0 Å². The van der Waals surface area contributed by atoms with E-state index in [4.69, 9.17) is 14.2 Å². The molecule has 2 saturated heterocycles. The number of unbranched alkanes of at least 4 members (excludes halogenated alkanes) is 1. The Morgan fingerprint density at radius 2 is 1.75 bits per heavy atom. The summed E-state index contributed by atoms with van der Waals surface area (Å²) in [4.78, 5) is 5.18. The monoisotopic (exact) mass is 613 g/mol. The summed E-state index contributed by atoms with van der Waals surface area (Å²) < 4.78 is 17.6. The first-order chi connectivity index (χ1) is 21.3. The van der Waals surface area contributed by atoms with Crippen molar-refractivity contribution in [3.8, 4) is 0 Å². The van der Waals surface area contributed by atoms with Gasteiger partial charge in [0, 0.05) is 32.2 Å². The minimum atomic E-state index is 0.569. The summed E-state index contributed by atoms with van der Waals surface area (Å²) >= 11 is 0. The van der Waals surface area contributed by atoms with E-state index in [-0.39, 0.29) is 0 Å². The maximum atomic E-state index is 6.07. The van der Waals surface area contributed by atoms with Crippen molar-refractivity contribution in [2.75, 3.05) is 59.2 Å². The predicted octanol–water partition coefficient (Wildman–Crippen LogP) is 9.34. The molecule has 0 bridgehead atoms. The molecule has 2 aliphatic heterocycles. The fraction of sp³-hybridized carbons (Fsp3) is 0.744. The molecule has 5 nitrogen and oxygen atoms in total. The number of hydrogen-bond donors (Lipinski definition) is 0. The van der Waals surface area contributed by atoms with Crippen LogP contribution in [0.3, 0.4) is 0 Å². The van der Waals surface area contributed by atoms with E-state index >= 15 is 0 Å². The topological polar surface area (TPSA) is 34.2 Å². The number of nitrogens with zero attached hydrogens (tertiary/aromatic N) is 2. The number of allylic oxidation sites excluding steroid dienone is 5. The Morgan fingerprint density at radius 3 is 2.39 bits per heavy atom. The minimum Gasteiger partial charge on any atom is -0.494 e. The Labute approximate surface area is 272 Å². The highest BCUT2D eigenvalue weighted by atomic mass is 16.5. The van der Waals surface area contributed by atoms with Gasteiger partial charge in [0.1, 0.15) is 18.1 Å². The van der Waals surface area contributed by atoms with Gasteiger partial charge in [-0.15, -0.1) is 0 Å². The molecule has 0 spiro atoms. The van der Waals surface area contributed by atoms with Crippen molar-refractivity contribution < 1.29 is 14.2 Å². The van der Waals surface area contributed by atoms with E-state index in [2.05, 4.69) is 76.7 Å². The number of ether oxygens (including phenoxy) is 3. The fourth-order valence-electron chi connectivity index (χ4n) is 6.82. The Balaban J connectivity index is 0.00000159. The lowest BCUT2D eigenvalue weighted by atomic mass is 9.81. The highest BCUT2D eigenvalue weighted by molar-refractivity contribution is 5.30. The minimum absolute atomic E-state index is 0.569. The molecule has 4 unspecified atom stereocenters. The Morgan fingerprint density at radius 1 is 1.00 bits per heavy atom. The summed E-state index contributed by atoms with van der Waals surface area (Å²) in [6, 6.07) is 0.711. The lowest BCUT2D eigenvalue weighted by Crippen LogP contribution is -2.40. The second kappa shape index (κ2) is 22.6. The van der Waals surface area contributed by atoms with Crippen molar-refractivity contribution in [1.29, 1.82) is 0 Å². The first kappa shape index (κ1) is 38.4. The van der Waals surface area contributed by atoms with E-state index in [1.54, 1.807) is 6.08 Å². The van der Waals surface area contributed by atoms with Gasteiger partial charge in [0.15, 0.2) is 0 Å². The van der Waals surface area contributed by atoms with Gasteiger partial charge in [-0.1, -0.05) is 71.8 Å². The normalized spacial score (nSPS) is 24.5. The second-order valence-electron chi connectivity index (χ2n) is 13.3. The van der Waals surface area contributed by atoms with E-state index in [1.165, 1.54) is 63.6 Å². The highest BCUT2D eigenvalue weighted by Crippen LogP contribution is 2.39. The average molecular weight is 613 g/mol. The number of likely N-dealkylation sites (tertiary alicyclic amines) is 1. The molecule has 0 N–H and O–H groups in total. The molecule has 0 aromatic rings. The number of rotatable bonds is 18. The van der Waals surface area contributed by atoms with Gasteiger partial charge in [-0.3, -0.25) is 4.90 Å². The maximum absolute atomic E-state index is 6.07. The van der Waals surface area contributed by atoms with E-state index < -0.39 is 0 Å². The molecule has 0 radical (unpaired) electrons. The third kappa shape index (κ3) is 14.5. The standard InChI is InChI=1S/C35H58N2O3.C4H10/c1-7-32(15-16-34(8-2)40-22-11-19-37-18-10-12-30(37)5)31(6)39-23-17-28(3)26-29(4)35-14-9-13-33(35)27-36-20-24-38-25-21-36;1-3-4-2/h8,15-17,29-30,33,35H,2,6-7,9-14,18-27H2,1,3-5H3;3-4H2,1-2H3/b28-17+,32-15+,34-16+;. The zero-order valence-corrected chi connectivity index (χ0v) is 29.6. The molecular formula is C39H68N2O3. The van der Waals surface area contributed by atoms with Crippen LogP contribution in [0.2, 0.25) is 0 Å². The first-order valence-electron chi connectivity index (χ1n) is 18.0. The third-order valence-corrected chi connectivity index (χ3v) is 9.82. The summed E-state index contributed by atoms with van der Waals surface area (Å²) in [5.41, 5.74) is 2.51. The van der Waals surface area contributed by atoms with Crippen molar-refractivity contribution in [3.63, 3.8) is 0 Å². The SMILES string of the molecule is C=C/C(=C\C=C(/CC)C(=C)OC/C=C(\C)CC(C)C1CCCC1CN1CCOCC1)OCCCN1CCCC1C.CCCC. The molecule has 1 saturated carbocycles. The molecule has 0 amide bonds. The second-order valence-corrected chi connectivity index (χ2v) is 13.3.